The molecule has 0 saturated carbocycles. The van der Waals surface area contributed by atoms with Crippen LogP contribution in [0.15, 0.2) is 30.3 Å². The van der Waals surface area contributed by atoms with Gasteiger partial charge < -0.3 is 0 Å². The smallest absolute Gasteiger partial charge is 0.0937 e. The predicted octanol–water partition coefficient (Wildman–Crippen LogP) is 4.86. The van der Waals surface area contributed by atoms with Crippen LogP contribution in [0.1, 0.15) is 45.1 Å². The molecule has 1 heteroatoms. The first-order chi connectivity index (χ1) is 7.86. The second-order valence-corrected chi connectivity index (χ2v) is 8.14. The second-order valence-electron chi connectivity index (χ2n) is 4.84. The van der Waals surface area contributed by atoms with Crippen molar-refractivity contribution in [1.29, 1.82) is 0 Å². The fraction of sp³-hybridized carbons (Fsp3) is 0.600. The lowest BCUT2D eigenvalue weighted by Gasteiger charge is -2.11. The molecule has 0 amide bonds. The molecule has 0 aliphatic heterocycles. The lowest BCUT2D eigenvalue weighted by Crippen LogP contribution is -2.16. The Morgan fingerprint density at radius 3 is 1.94 bits per heavy atom. The van der Waals surface area contributed by atoms with Gasteiger partial charge in [-0.05, 0) is 0 Å². The third kappa shape index (κ3) is 5.73. The van der Waals surface area contributed by atoms with E-state index in [9.17, 15) is 0 Å². The summed E-state index contributed by atoms with van der Waals surface area (Å²) in [5, 5.41) is 4.51. The molecular weight excluding hydrogens is 207 g/mol. The molecule has 88 valence electrons. The highest BCUT2D eigenvalue weighted by molar-refractivity contribution is 6.58. The number of benzene rings is 1. The Kier molecular flexibility index (Phi) is 7.64. The highest BCUT2D eigenvalue weighted by atomic mass is 27.2. The van der Waals surface area contributed by atoms with Gasteiger partial charge in [-0.2, -0.15) is 0 Å². The van der Waals surface area contributed by atoms with Crippen LogP contribution in [-0.2, 0) is 5.28 Å². The van der Waals surface area contributed by atoms with E-state index in [1.54, 1.807) is 16.1 Å². The number of rotatable bonds is 8. The molecule has 0 fully saturated rings. The SMILES string of the molecule is CCC[CH2][Al]([CH2]CCC)[CH2]c1ccccc1. The zero-order chi connectivity index (χ0) is 11.6. The first kappa shape index (κ1) is 13.8. The molecule has 0 bridgehead atoms. The Labute approximate surface area is 105 Å². The van der Waals surface area contributed by atoms with Crippen molar-refractivity contribution >= 4 is 14.1 Å². The predicted molar refractivity (Wildman–Crippen MR) is 75.3 cm³/mol. The first-order valence-electron chi connectivity index (χ1n) is 6.90. The first-order valence-corrected chi connectivity index (χ1v) is 9.35. The minimum atomic E-state index is -0.496. The van der Waals surface area contributed by atoms with E-state index >= 15 is 0 Å². The van der Waals surface area contributed by atoms with Gasteiger partial charge >= 0.3 is 0 Å². The monoisotopic (exact) mass is 232 g/mol. The van der Waals surface area contributed by atoms with E-state index < -0.39 is 14.1 Å². The fourth-order valence-corrected chi connectivity index (χ4v) is 5.89. The molecule has 0 radical (unpaired) electrons. The molecule has 0 aromatic heterocycles. The Bertz CT molecular complexity index is 247. The van der Waals surface area contributed by atoms with E-state index in [4.69, 9.17) is 0 Å². The molecule has 16 heavy (non-hydrogen) atoms. The lowest BCUT2D eigenvalue weighted by atomic mass is 10.2. The van der Waals surface area contributed by atoms with Crippen molar-refractivity contribution in [2.24, 2.45) is 0 Å². The molecular formula is C15H25Al. The number of unbranched alkanes of at least 4 members (excludes halogenated alkanes) is 2. The Hall–Kier alpha value is -0.248. The van der Waals surface area contributed by atoms with Crippen molar-refractivity contribution in [3.8, 4) is 0 Å². The van der Waals surface area contributed by atoms with Gasteiger partial charge in [0.15, 0.2) is 0 Å². The Balaban J connectivity index is 2.42. The molecule has 1 aromatic carbocycles. The summed E-state index contributed by atoms with van der Waals surface area (Å²) in [5.74, 6) is 0. The summed E-state index contributed by atoms with van der Waals surface area (Å²) < 4.78 is 0. The standard InChI is InChI=1S/C7H7.2C4H9.Al/c1-7-5-3-2-4-6-7;2*1-3-4-2;/h2-6H,1H2;2*1,3-4H2,2H3;. The van der Waals surface area contributed by atoms with Gasteiger partial charge in [0, 0.05) is 0 Å². The van der Waals surface area contributed by atoms with Gasteiger partial charge in [-0.1, -0.05) is 91.3 Å². The van der Waals surface area contributed by atoms with Crippen LogP contribution >= 0.6 is 0 Å². The van der Waals surface area contributed by atoms with Crippen molar-refractivity contribution in [2.45, 2.75) is 55.4 Å². The summed E-state index contributed by atoms with van der Waals surface area (Å²) in [6.07, 6.45) is 5.63. The largest absolute Gasteiger partial charge is 0.267 e. The normalized spacial score (nSPS) is 10.4. The topological polar surface area (TPSA) is 0 Å². The Morgan fingerprint density at radius 1 is 0.875 bits per heavy atom. The fourth-order valence-electron chi connectivity index (χ4n) is 2.28. The van der Waals surface area contributed by atoms with E-state index in [-0.39, 0.29) is 0 Å². The molecule has 0 aliphatic rings. The maximum atomic E-state index is 2.31. The number of hydrogen-bond acceptors (Lipinski definition) is 0. The van der Waals surface area contributed by atoms with Crippen molar-refractivity contribution < 1.29 is 0 Å². The van der Waals surface area contributed by atoms with Crippen LogP contribution in [0.4, 0.5) is 0 Å². The van der Waals surface area contributed by atoms with Crippen LogP contribution in [0.5, 0.6) is 0 Å². The van der Waals surface area contributed by atoms with Gasteiger partial charge in [-0.25, -0.2) is 0 Å². The molecule has 0 saturated heterocycles. The highest BCUT2D eigenvalue weighted by Crippen LogP contribution is 2.14. The van der Waals surface area contributed by atoms with Crippen LogP contribution in [0.3, 0.4) is 0 Å². The number of hydrogen-bond donors (Lipinski definition) is 0. The van der Waals surface area contributed by atoms with Gasteiger partial charge in [0.05, 0.1) is 0 Å². The van der Waals surface area contributed by atoms with E-state index in [1.807, 2.05) is 0 Å². The van der Waals surface area contributed by atoms with Crippen molar-refractivity contribution in [3.05, 3.63) is 35.9 Å². The molecule has 0 nitrogen and oxygen atoms in total. The lowest BCUT2D eigenvalue weighted by molar-refractivity contribution is 0.836. The summed E-state index contributed by atoms with van der Waals surface area (Å²) in [4.78, 5) is 0. The Morgan fingerprint density at radius 2 is 1.44 bits per heavy atom. The average molecular weight is 232 g/mol. The summed E-state index contributed by atoms with van der Waals surface area (Å²) >= 11 is -0.496. The molecule has 0 N–H and O–H groups in total. The third-order valence-electron chi connectivity index (χ3n) is 3.30. The summed E-state index contributed by atoms with van der Waals surface area (Å²) in [6, 6.07) is 11.1. The van der Waals surface area contributed by atoms with Crippen LogP contribution < -0.4 is 0 Å². The van der Waals surface area contributed by atoms with Crippen LogP contribution in [0.25, 0.3) is 0 Å². The van der Waals surface area contributed by atoms with Crippen LogP contribution in [-0.4, -0.2) is 14.1 Å². The van der Waals surface area contributed by atoms with Crippen LogP contribution in [0.2, 0.25) is 10.6 Å². The van der Waals surface area contributed by atoms with Gasteiger partial charge in [0.25, 0.3) is 14.1 Å². The summed E-state index contributed by atoms with van der Waals surface area (Å²) in [5.41, 5.74) is 1.58. The van der Waals surface area contributed by atoms with Gasteiger partial charge in [-0.15, -0.1) is 0 Å². The maximum absolute atomic E-state index is 2.31. The van der Waals surface area contributed by atoms with Gasteiger partial charge in [0.2, 0.25) is 0 Å². The highest BCUT2D eigenvalue weighted by Gasteiger charge is 2.15. The molecule has 0 aliphatic carbocycles. The van der Waals surface area contributed by atoms with Gasteiger partial charge in [0.1, 0.15) is 0 Å². The summed E-state index contributed by atoms with van der Waals surface area (Å²) in [6.45, 7) is 4.63. The molecule has 1 rings (SSSR count). The minimum Gasteiger partial charge on any atom is -0.0937 e. The van der Waals surface area contributed by atoms with Crippen molar-refractivity contribution in [2.75, 3.05) is 0 Å². The zero-order valence-corrected chi connectivity index (χ0v) is 12.1. The average Bonchev–Trinajstić information content (AvgIpc) is 2.34. The van der Waals surface area contributed by atoms with E-state index in [0.29, 0.717) is 0 Å². The van der Waals surface area contributed by atoms with Crippen molar-refractivity contribution in [1.82, 2.24) is 0 Å². The molecule has 0 spiro atoms. The molecule has 0 atom stereocenters. The van der Waals surface area contributed by atoms with Crippen LogP contribution in [0, 0.1) is 0 Å². The summed E-state index contributed by atoms with van der Waals surface area (Å²) in [7, 11) is 0. The quantitative estimate of drug-likeness (QED) is 0.561. The second kappa shape index (κ2) is 8.85. The van der Waals surface area contributed by atoms with Crippen molar-refractivity contribution in [3.63, 3.8) is 0 Å². The van der Waals surface area contributed by atoms with Gasteiger partial charge in [-0.3, -0.25) is 0 Å². The molecule has 1 aromatic rings. The minimum absolute atomic E-state index is 0.496. The van der Waals surface area contributed by atoms with E-state index in [2.05, 4.69) is 44.2 Å². The van der Waals surface area contributed by atoms with E-state index in [0.717, 1.165) is 0 Å². The molecule has 0 unspecified atom stereocenters. The molecule has 0 heterocycles. The zero-order valence-electron chi connectivity index (χ0n) is 10.9. The maximum Gasteiger partial charge on any atom is 0.267 e. The van der Waals surface area contributed by atoms with E-state index in [1.165, 1.54) is 31.0 Å². The third-order valence-corrected chi connectivity index (χ3v) is 6.80.